The zero-order valence-corrected chi connectivity index (χ0v) is 16.1. The number of nitrogens with one attached hydrogen (secondary N) is 2. The predicted molar refractivity (Wildman–Crippen MR) is 102 cm³/mol. The average Bonchev–Trinajstić information content (AvgIpc) is 3.03. The highest BCUT2D eigenvalue weighted by Gasteiger charge is 2.21. The number of aromatic carboxylic acids is 1. The Balaban J connectivity index is 1.74. The van der Waals surface area contributed by atoms with E-state index in [2.05, 4.69) is 15.5 Å². The molecule has 0 aliphatic carbocycles. The fourth-order valence-electron chi connectivity index (χ4n) is 3.04. The maximum atomic E-state index is 12.4. The van der Waals surface area contributed by atoms with Crippen molar-refractivity contribution in [3.05, 3.63) is 35.4 Å². The molecule has 1 aliphatic heterocycles. The van der Waals surface area contributed by atoms with E-state index in [4.69, 9.17) is 5.11 Å². The standard InChI is InChI=1S/C19H28N4O4/c1-13(20-19(27)21-16-9-10-22(2)12-16)8-11-23(3)17(24)14-4-6-15(7-5-14)18(25)26/h4-7,13,16H,8-12H2,1-3H3,(H,25,26)(H2,20,21,27). The van der Waals surface area contributed by atoms with Crippen molar-refractivity contribution >= 4 is 17.9 Å². The Kier molecular flexibility index (Phi) is 7.18. The molecule has 1 aromatic rings. The molecule has 0 saturated carbocycles. The van der Waals surface area contributed by atoms with Gasteiger partial charge in [-0.15, -0.1) is 0 Å². The van der Waals surface area contributed by atoms with E-state index in [0.29, 0.717) is 18.5 Å². The van der Waals surface area contributed by atoms with Gasteiger partial charge >= 0.3 is 12.0 Å². The SMILES string of the molecule is CC(CCN(C)C(=O)c1ccc(C(=O)O)cc1)NC(=O)NC1CCN(C)C1. The zero-order chi connectivity index (χ0) is 20.0. The quantitative estimate of drug-likeness (QED) is 0.665. The van der Waals surface area contributed by atoms with Gasteiger partial charge in [0.25, 0.3) is 5.91 Å². The number of urea groups is 1. The van der Waals surface area contributed by atoms with Gasteiger partial charge in [-0.3, -0.25) is 4.79 Å². The summed E-state index contributed by atoms with van der Waals surface area (Å²) in [7, 11) is 3.72. The van der Waals surface area contributed by atoms with Crippen molar-refractivity contribution in [3.8, 4) is 0 Å². The number of nitrogens with zero attached hydrogens (tertiary/aromatic N) is 2. The fourth-order valence-corrected chi connectivity index (χ4v) is 3.04. The van der Waals surface area contributed by atoms with Gasteiger partial charge in [-0.25, -0.2) is 9.59 Å². The Morgan fingerprint density at radius 3 is 2.44 bits per heavy atom. The van der Waals surface area contributed by atoms with Gasteiger partial charge in [-0.05, 0) is 57.6 Å². The van der Waals surface area contributed by atoms with Crippen molar-refractivity contribution in [3.63, 3.8) is 0 Å². The van der Waals surface area contributed by atoms with Gasteiger partial charge < -0.3 is 25.5 Å². The topological polar surface area (TPSA) is 102 Å². The summed E-state index contributed by atoms with van der Waals surface area (Å²) in [6.07, 6.45) is 1.57. The van der Waals surface area contributed by atoms with Gasteiger partial charge in [-0.2, -0.15) is 0 Å². The Bertz CT molecular complexity index is 677. The number of carboxylic acid groups (broad SMARTS) is 1. The van der Waals surface area contributed by atoms with Crippen LogP contribution < -0.4 is 10.6 Å². The van der Waals surface area contributed by atoms with Crippen LogP contribution in [0.3, 0.4) is 0 Å². The summed E-state index contributed by atoms with van der Waals surface area (Å²) in [4.78, 5) is 39.0. The van der Waals surface area contributed by atoms with E-state index in [0.717, 1.165) is 19.5 Å². The largest absolute Gasteiger partial charge is 0.478 e. The lowest BCUT2D eigenvalue weighted by molar-refractivity contribution is 0.0695. The Morgan fingerprint density at radius 2 is 1.89 bits per heavy atom. The second kappa shape index (κ2) is 9.36. The molecule has 0 bridgehead atoms. The highest BCUT2D eigenvalue weighted by molar-refractivity contribution is 5.95. The average molecular weight is 376 g/mol. The third kappa shape index (κ3) is 6.25. The van der Waals surface area contributed by atoms with Crippen LogP contribution in [0.4, 0.5) is 4.79 Å². The van der Waals surface area contributed by atoms with Crippen LogP contribution in [0.25, 0.3) is 0 Å². The Labute approximate surface area is 159 Å². The number of hydrogen-bond donors (Lipinski definition) is 3. The zero-order valence-electron chi connectivity index (χ0n) is 16.1. The third-order valence-corrected chi connectivity index (χ3v) is 4.73. The molecule has 2 rings (SSSR count). The van der Waals surface area contributed by atoms with Gasteiger partial charge in [0.15, 0.2) is 0 Å². The minimum atomic E-state index is -1.02. The van der Waals surface area contributed by atoms with E-state index in [-0.39, 0.29) is 29.6 Å². The molecular formula is C19H28N4O4. The van der Waals surface area contributed by atoms with Crippen LogP contribution in [0.1, 0.15) is 40.5 Å². The first-order valence-corrected chi connectivity index (χ1v) is 9.10. The molecule has 148 valence electrons. The molecule has 0 radical (unpaired) electrons. The van der Waals surface area contributed by atoms with E-state index in [1.165, 1.54) is 24.3 Å². The number of likely N-dealkylation sites (tertiary alicyclic amines) is 1. The number of rotatable bonds is 7. The molecular weight excluding hydrogens is 348 g/mol. The molecule has 8 heteroatoms. The molecule has 1 aliphatic rings. The van der Waals surface area contributed by atoms with E-state index >= 15 is 0 Å². The lowest BCUT2D eigenvalue weighted by atomic mass is 10.1. The highest BCUT2D eigenvalue weighted by atomic mass is 16.4. The lowest BCUT2D eigenvalue weighted by Crippen LogP contribution is -2.46. The van der Waals surface area contributed by atoms with Crippen molar-refractivity contribution < 1.29 is 19.5 Å². The van der Waals surface area contributed by atoms with E-state index in [9.17, 15) is 14.4 Å². The predicted octanol–water partition coefficient (Wildman–Crippen LogP) is 1.24. The summed E-state index contributed by atoms with van der Waals surface area (Å²) < 4.78 is 0. The number of carbonyl (C=O) groups is 3. The number of hydrogen-bond acceptors (Lipinski definition) is 4. The molecule has 3 N–H and O–H groups in total. The highest BCUT2D eigenvalue weighted by Crippen LogP contribution is 2.08. The molecule has 1 saturated heterocycles. The first kappa shape index (κ1) is 20.7. The Morgan fingerprint density at radius 1 is 1.26 bits per heavy atom. The first-order chi connectivity index (χ1) is 12.8. The lowest BCUT2D eigenvalue weighted by Gasteiger charge is -2.21. The molecule has 2 atom stereocenters. The summed E-state index contributed by atoms with van der Waals surface area (Å²) in [6, 6.07) is 5.78. The summed E-state index contributed by atoms with van der Waals surface area (Å²) in [5, 5.41) is 14.8. The van der Waals surface area contributed by atoms with Gasteiger partial charge in [0, 0.05) is 37.8 Å². The smallest absolute Gasteiger partial charge is 0.335 e. The third-order valence-electron chi connectivity index (χ3n) is 4.73. The Hall–Kier alpha value is -2.61. The number of benzene rings is 1. The molecule has 3 amide bonds. The van der Waals surface area contributed by atoms with Gasteiger partial charge in [-0.1, -0.05) is 0 Å². The van der Waals surface area contributed by atoms with Gasteiger partial charge in [0.05, 0.1) is 5.56 Å². The van der Waals surface area contributed by atoms with E-state index < -0.39 is 5.97 Å². The van der Waals surface area contributed by atoms with Crippen LogP contribution in [-0.4, -0.2) is 78.6 Å². The molecule has 1 fully saturated rings. The molecule has 8 nitrogen and oxygen atoms in total. The first-order valence-electron chi connectivity index (χ1n) is 9.10. The van der Waals surface area contributed by atoms with E-state index in [1.54, 1.807) is 11.9 Å². The van der Waals surface area contributed by atoms with Gasteiger partial charge in [0.2, 0.25) is 0 Å². The van der Waals surface area contributed by atoms with Crippen molar-refractivity contribution in [1.82, 2.24) is 20.4 Å². The summed E-state index contributed by atoms with van der Waals surface area (Å²) >= 11 is 0. The van der Waals surface area contributed by atoms with Crippen LogP contribution in [0, 0.1) is 0 Å². The van der Waals surface area contributed by atoms with E-state index in [1.807, 2.05) is 14.0 Å². The molecule has 2 unspecified atom stereocenters. The van der Waals surface area contributed by atoms with Crippen LogP contribution in [0.5, 0.6) is 0 Å². The van der Waals surface area contributed by atoms with Crippen molar-refractivity contribution in [2.75, 3.05) is 33.7 Å². The van der Waals surface area contributed by atoms with Crippen molar-refractivity contribution in [1.29, 1.82) is 0 Å². The van der Waals surface area contributed by atoms with Crippen LogP contribution in [0.15, 0.2) is 24.3 Å². The normalized spacial score (nSPS) is 18.0. The summed E-state index contributed by atoms with van der Waals surface area (Å²) in [6.45, 7) is 4.23. The minimum Gasteiger partial charge on any atom is -0.478 e. The number of carboxylic acids is 1. The number of amides is 3. The molecule has 1 aromatic carbocycles. The number of carbonyl (C=O) groups excluding carboxylic acids is 2. The summed E-state index contributed by atoms with van der Waals surface area (Å²) in [5.74, 6) is -1.21. The van der Waals surface area contributed by atoms with Crippen molar-refractivity contribution in [2.45, 2.75) is 31.8 Å². The molecule has 27 heavy (non-hydrogen) atoms. The molecule has 0 spiro atoms. The van der Waals surface area contributed by atoms with Gasteiger partial charge in [0.1, 0.15) is 0 Å². The van der Waals surface area contributed by atoms with Crippen LogP contribution >= 0.6 is 0 Å². The maximum absolute atomic E-state index is 12.4. The molecule has 1 heterocycles. The second-order valence-electron chi connectivity index (χ2n) is 7.16. The molecule has 0 aromatic heterocycles. The maximum Gasteiger partial charge on any atom is 0.335 e. The van der Waals surface area contributed by atoms with Crippen molar-refractivity contribution in [2.24, 2.45) is 0 Å². The van der Waals surface area contributed by atoms with Crippen LogP contribution in [0.2, 0.25) is 0 Å². The fraction of sp³-hybridized carbons (Fsp3) is 0.526. The second-order valence-corrected chi connectivity index (χ2v) is 7.16. The number of likely N-dealkylation sites (N-methyl/N-ethyl adjacent to an activating group) is 1. The minimum absolute atomic E-state index is 0.0752. The van der Waals surface area contributed by atoms with Crippen LogP contribution in [-0.2, 0) is 0 Å². The summed E-state index contributed by atoms with van der Waals surface area (Å²) in [5.41, 5.74) is 0.581. The monoisotopic (exact) mass is 376 g/mol.